The molecule has 0 fully saturated rings. The third-order valence-electron chi connectivity index (χ3n) is 3.57. The minimum Gasteiger partial charge on any atom is -0.492 e. The van der Waals surface area contributed by atoms with E-state index in [9.17, 15) is 4.39 Å². The summed E-state index contributed by atoms with van der Waals surface area (Å²) in [5, 5.41) is 3.38. The Balaban J connectivity index is 1.81. The average Bonchev–Trinajstić information content (AvgIpc) is 2.50. The SMILES string of the molecule is CCCCCCCCCCNCCOc1ccc(F)cc1. The van der Waals surface area contributed by atoms with E-state index in [2.05, 4.69) is 12.2 Å². The Morgan fingerprint density at radius 3 is 2.14 bits per heavy atom. The number of hydrogen-bond donors (Lipinski definition) is 1. The first kappa shape index (κ1) is 18.0. The Labute approximate surface area is 129 Å². The summed E-state index contributed by atoms with van der Waals surface area (Å²) in [5.74, 6) is 0.500. The van der Waals surface area contributed by atoms with Crippen LogP contribution in [0.3, 0.4) is 0 Å². The van der Waals surface area contributed by atoms with Crippen LogP contribution in [0.1, 0.15) is 58.3 Å². The van der Waals surface area contributed by atoms with E-state index in [4.69, 9.17) is 4.74 Å². The van der Waals surface area contributed by atoms with Crippen molar-refractivity contribution >= 4 is 0 Å². The largest absolute Gasteiger partial charge is 0.492 e. The summed E-state index contributed by atoms with van der Waals surface area (Å²) < 4.78 is 18.2. The molecule has 0 amide bonds. The predicted octanol–water partition coefficient (Wildman–Crippen LogP) is 4.93. The summed E-state index contributed by atoms with van der Waals surface area (Å²) >= 11 is 0. The number of hydrogen-bond acceptors (Lipinski definition) is 2. The van der Waals surface area contributed by atoms with Crippen LogP contribution >= 0.6 is 0 Å². The molecule has 0 aromatic heterocycles. The van der Waals surface area contributed by atoms with Crippen molar-refractivity contribution in [3.8, 4) is 5.75 Å². The third kappa shape index (κ3) is 10.3. The van der Waals surface area contributed by atoms with Gasteiger partial charge in [0.2, 0.25) is 0 Å². The van der Waals surface area contributed by atoms with Gasteiger partial charge in [-0.15, -0.1) is 0 Å². The second-order valence-electron chi connectivity index (χ2n) is 5.53. The second-order valence-corrected chi connectivity index (χ2v) is 5.53. The molecule has 0 bridgehead atoms. The minimum atomic E-state index is -0.227. The zero-order chi connectivity index (χ0) is 15.2. The van der Waals surface area contributed by atoms with Gasteiger partial charge in [-0.2, -0.15) is 0 Å². The van der Waals surface area contributed by atoms with Gasteiger partial charge in [-0.25, -0.2) is 4.39 Å². The van der Waals surface area contributed by atoms with Gasteiger partial charge in [0, 0.05) is 6.54 Å². The Hall–Kier alpha value is -1.09. The van der Waals surface area contributed by atoms with Gasteiger partial charge >= 0.3 is 0 Å². The minimum absolute atomic E-state index is 0.227. The molecule has 0 aliphatic heterocycles. The summed E-state index contributed by atoms with van der Waals surface area (Å²) in [6.07, 6.45) is 10.8. The summed E-state index contributed by atoms with van der Waals surface area (Å²) in [6, 6.07) is 6.16. The van der Waals surface area contributed by atoms with E-state index in [0.29, 0.717) is 6.61 Å². The van der Waals surface area contributed by atoms with Gasteiger partial charge in [-0.3, -0.25) is 0 Å². The molecular formula is C18H30FNO. The van der Waals surface area contributed by atoms with E-state index >= 15 is 0 Å². The van der Waals surface area contributed by atoms with Gasteiger partial charge in [0.25, 0.3) is 0 Å². The highest BCUT2D eigenvalue weighted by molar-refractivity contribution is 5.21. The van der Waals surface area contributed by atoms with Crippen molar-refractivity contribution in [1.29, 1.82) is 0 Å². The number of rotatable bonds is 13. The quantitative estimate of drug-likeness (QED) is 0.521. The number of nitrogens with one attached hydrogen (secondary N) is 1. The Morgan fingerprint density at radius 2 is 1.48 bits per heavy atom. The highest BCUT2D eigenvalue weighted by atomic mass is 19.1. The van der Waals surface area contributed by atoms with E-state index in [1.807, 2.05) is 0 Å². The van der Waals surface area contributed by atoms with Gasteiger partial charge in [0.1, 0.15) is 18.2 Å². The van der Waals surface area contributed by atoms with Crippen molar-refractivity contribution in [1.82, 2.24) is 5.32 Å². The van der Waals surface area contributed by atoms with Gasteiger partial charge in [-0.1, -0.05) is 51.9 Å². The second kappa shape index (κ2) is 12.6. The normalized spacial score (nSPS) is 10.8. The average molecular weight is 295 g/mol. The van der Waals surface area contributed by atoms with E-state index < -0.39 is 0 Å². The van der Waals surface area contributed by atoms with Crippen LogP contribution in [0.2, 0.25) is 0 Å². The zero-order valence-electron chi connectivity index (χ0n) is 13.4. The van der Waals surface area contributed by atoms with Crippen molar-refractivity contribution in [2.75, 3.05) is 19.7 Å². The van der Waals surface area contributed by atoms with Crippen LogP contribution in [0.25, 0.3) is 0 Å². The molecule has 1 aromatic rings. The van der Waals surface area contributed by atoms with Gasteiger partial charge in [-0.05, 0) is 37.2 Å². The van der Waals surface area contributed by atoms with Crippen LogP contribution in [-0.2, 0) is 0 Å². The highest BCUT2D eigenvalue weighted by Crippen LogP contribution is 2.10. The Kier molecular flexibility index (Phi) is 10.8. The van der Waals surface area contributed by atoms with E-state index in [1.54, 1.807) is 12.1 Å². The number of ether oxygens (including phenoxy) is 1. The first-order chi connectivity index (χ1) is 10.3. The van der Waals surface area contributed by atoms with Crippen LogP contribution in [0.15, 0.2) is 24.3 Å². The lowest BCUT2D eigenvalue weighted by Gasteiger charge is -2.07. The monoisotopic (exact) mass is 295 g/mol. The molecular weight excluding hydrogens is 265 g/mol. The van der Waals surface area contributed by atoms with Crippen LogP contribution in [0.5, 0.6) is 5.75 Å². The molecule has 0 spiro atoms. The number of benzene rings is 1. The summed E-state index contributed by atoms with van der Waals surface area (Å²) in [6.45, 7) is 4.78. The molecule has 0 aliphatic rings. The van der Waals surface area contributed by atoms with Crippen LogP contribution in [0, 0.1) is 5.82 Å². The molecule has 21 heavy (non-hydrogen) atoms. The molecule has 1 N–H and O–H groups in total. The van der Waals surface area contributed by atoms with E-state index in [-0.39, 0.29) is 5.82 Å². The molecule has 0 saturated heterocycles. The molecule has 0 saturated carbocycles. The summed E-state index contributed by atoms with van der Waals surface area (Å²) in [7, 11) is 0. The van der Waals surface area contributed by atoms with Gasteiger partial charge in [0.05, 0.1) is 0 Å². The number of halogens is 1. The Bertz CT molecular complexity index is 340. The molecule has 2 nitrogen and oxygen atoms in total. The molecule has 0 atom stereocenters. The van der Waals surface area contributed by atoms with Crippen molar-refractivity contribution in [3.63, 3.8) is 0 Å². The molecule has 120 valence electrons. The number of unbranched alkanes of at least 4 members (excludes halogenated alkanes) is 7. The van der Waals surface area contributed by atoms with E-state index in [1.165, 1.54) is 63.5 Å². The molecule has 1 aromatic carbocycles. The first-order valence-corrected chi connectivity index (χ1v) is 8.42. The molecule has 0 aliphatic carbocycles. The fraction of sp³-hybridized carbons (Fsp3) is 0.667. The smallest absolute Gasteiger partial charge is 0.123 e. The van der Waals surface area contributed by atoms with Crippen molar-refractivity contribution < 1.29 is 9.13 Å². The maximum atomic E-state index is 12.7. The predicted molar refractivity (Wildman–Crippen MR) is 87.4 cm³/mol. The summed E-state index contributed by atoms with van der Waals surface area (Å²) in [4.78, 5) is 0. The lowest BCUT2D eigenvalue weighted by molar-refractivity contribution is 0.313. The molecule has 0 radical (unpaired) electrons. The molecule has 0 heterocycles. The highest BCUT2D eigenvalue weighted by Gasteiger charge is 1.95. The fourth-order valence-corrected chi connectivity index (χ4v) is 2.28. The van der Waals surface area contributed by atoms with Gasteiger partial charge < -0.3 is 10.1 Å². The van der Waals surface area contributed by atoms with Crippen LogP contribution < -0.4 is 10.1 Å². The maximum absolute atomic E-state index is 12.7. The van der Waals surface area contributed by atoms with Gasteiger partial charge in [0.15, 0.2) is 0 Å². The third-order valence-corrected chi connectivity index (χ3v) is 3.57. The fourth-order valence-electron chi connectivity index (χ4n) is 2.28. The van der Waals surface area contributed by atoms with Crippen molar-refractivity contribution in [3.05, 3.63) is 30.1 Å². The molecule has 0 unspecified atom stereocenters. The first-order valence-electron chi connectivity index (χ1n) is 8.42. The zero-order valence-corrected chi connectivity index (χ0v) is 13.4. The summed E-state index contributed by atoms with van der Waals surface area (Å²) in [5.41, 5.74) is 0. The van der Waals surface area contributed by atoms with Crippen molar-refractivity contribution in [2.24, 2.45) is 0 Å². The topological polar surface area (TPSA) is 21.3 Å². The molecule has 1 rings (SSSR count). The lowest BCUT2D eigenvalue weighted by Crippen LogP contribution is -2.22. The lowest BCUT2D eigenvalue weighted by atomic mass is 10.1. The van der Waals surface area contributed by atoms with E-state index in [0.717, 1.165) is 18.8 Å². The van der Waals surface area contributed by atoms with Crippen LogP contribution in [0.4, 0.5) is 4.39 Å². The molecule has 3 heteroatoms. The van der Waals surface area contributed by atoms with Crippen LogP contribution in [-0.4, -0.2) is 19.7 Å². The Morgan fingerprint density at radius 1 is 0.857 bits per heavy atom. The standard InChI is InChI=1S/C18H30FNO/c1-2-3-4-5-6-7-8-9-14-20-15-16-21-18-12-10-17(19)11-13-18/h10-13,20H,2-9,14-16H2,1H3. The maximum Gasteiger partial charge on any atom is 0.123 e. The van der Waals surface area contributed by atoms with Crippen molar-refractivity contribution in [2.45, 2.75) is 58.3 Å².